The molecule has 1 rings (SSSR count). The van der Waals surface area contributed by atoms with Crippen LogP contribution in [-0.4, -0.2) is 8.42 Å². The molecule has 0 amide bonds. The third-order valence-corrected chi connectivity index (χ3v) is 3.70. The number of halogens is 2. The monoisotopic (exact) mass is 338 g/mol. The first kappa shape index (κ1) is 12.5. The Bertz CT molecular complexity index is 529. The second-order valence-electron chi connectivity index (χ2n) is 3.08. The summed E-state index contributed by atoms with van der Waals surface area (Å²) in [6, 6.07) is 3.14. The fraction of sp³-hybridized carbons (Fsp3) is 0.200. The smallest absolute Gasteiger partial charge is 0.194 e. The van der Waals surface area contributed by atoms with E-state index in [1.807, 2.05) is 29.5 Å². The van der Waals surface area contributed by atoms with Crippen LogP contribution in [-0.2, 0) is 16.0 Å². The van der Waals surface area contributed by atoms with Gasteiger partial charge >= 0.3 is 10.2 Å². The van der Waals surface area contributed by atoms with E-state index in [1.54, 1.807) is 6.07 Å². The summed E-state index contributed by atoms with van der Waals surface area (Å²) in [7, 11) is -4.50. The molecule has 0 fully saturated rings. The van der Waals surface area contributed by atoms with Crippen LogP contribution < -0.4 is 0 Å². The Hall–Kier alpha value is -0.610. The highest BCUT2D eigenvalue weighted by atomic mass is 127. The van der Waals surface area contributed by atoms with Crippen molar-refractivity contribution in [1.29, 1.82) is 0 Å². The summed E-state index contributed by atoms with van der Waals surface area (Å²) in [5.74, 6) is 1.81. The van der Waals surface area contributed by atoms with Crippen LogP contribution >= 0.6 is 22.6 Å². The predicted octanol–water partition coefficient (Wildman–Crippen LogP) is 2.38. The van der Waals surface area contributed by atoms with Crippen LogP contribution in [0, 0.1) is 22.8 Å². The molecule has 0 aliphatic heterocycles. The van der Waals surface area contributed by atoms with Gasteiger partial charge < -0.3 is 0 Å². The highest BCUT2D eigenvalue weighted by Crippen LogP contribution is 2.20. The molecule has 0 bridgehead atoms. The maximum absolute atomic E-state index is 12.5. The van der Waals surface area contributed by atoms with Crippen molar-refractivity contribution in [1.82, 2.24) is 0 Å². The Kier molecular flexibility index (Phi) is 3.73. The van der Waals surface area contributed by atoms with Gasteiger partial charge in [-0.1, -0.05) is 5.92 Å². The molecular weight excluding hydrogens is 330 g/mol. The lowest BCUT2D eigenvalue weighted by Crippen LogP contribution is -1.99. The molecule has 0 saturated carbocycles. The Morgan fingerprint density at radius 3 is 2.60 bits per heavy atom. The van der Waals surface area contributed by atoms with Gasteiger partial charge in [0.2, 0.25) is 0 Å². The summed E-state index contributed by atoms with van der Waals surface area (Å²) in [6.07, 6.45) is 5.26. The summed E-state index contributed by atoms with van der Waals surface area (Å²) in [5, 5.41) is 0. The highest BCUT2D eigenvalue weighted by Gasteiger charge is 2.11. The summed E-state index contributed by atoms with van der Waals surface area (Å²) >= 11 is 2.04. The molecule has 0 spiro atoms. The molecule has 2 nitrogen and oxygen atoms in total. The number of hydrogen-bond acceptors (Lipinski definition) is 2. The third kappa shape index (κ3) is 3.47. The van der Waals surface area contributed by atoms with Crippen LogP contribution in [0.3, 0.4) is 0 Å². The normalized spacial score (nSPS) is 11.1. The highest BCUT2D eigenvalue weighted by molar-refractivity contribution is 14.1. The molecule has 0 aliphatic carbocycles. The molecular formula is C10H8FIO2S. The van der Waals surface area contributed by atoms with Gasteiger partial charge in [0.25, 0.3) is 0 Å². The van der Waals surface area contributed by atoms with Gasteiger partial charge in [-0.25, -0.2) is 0 Å². The van der Waals surface area contributed by atoms with Gasteiger partial charge in [0, 0.05) is 9.13 Å². The van der Waals surface area contributed by atoms with Crippen molar-refractivity contribution in [3.63, 3.8) is 0 Å². The molecule has 0 heterocycles. The Balaban J connectivity index is 3.25. The minimum Gasteiger partial charge on any atom is -0.194 e. The summed E-state index contributed by atoms with van der Waals surface area (Å²) in [4.78, 5) is 0. The molecule has 15 heavy (non-hydrogen) atoms. The van der Waals surface area contributed by atoms with Gasteiger partial charge in [-0.3, -0.25) is 0 Å². The van der Waals surface area contributed by atoms with Crippen molar-refractivity contribution < 1.29 is 12.3 Å². The maximum Gasteiger partial charge on any atom is 0.306 e. The Morgan fingerprint density at radius 2 is 2.13 bits per heavy atom. The summed E-state index contributed by atoms with van der Waals surface area (Å²) < 4.78 is 34.2. The first-order valence-electron chi connectivity index (χ1n) is 4.01. The van der Waals surface area contributed by atoms with Gasteiger partial charge in [-0.15, -0.1) is 10.3 Å². The standard InChI is InChI=1S/C10H8FIO2S/c1-3-9-4-8(6-15(11,13)14)5-10(12)7(9)2/h1,4-5H,6H2,2H3. The van der Waals surface area contributed by atoms with Crippen molar-refractivity contribution in [2.45, 2.75) is 12.7 Å². The lowest BCUT2D eigenvalue weighted by Gasteiger charge is -2.05. The first-order valence-corrected chi connectivity index (χ1v) is 6.64. The zero-order valence-corrected chi connectivity index (χ0v) is 10.9. The van der Waals surface area contributed by atoms with E-state index < -0.39 is 16.0 Å². The van der Waals surface area contributed by atoms with Crippen molar-refractivity contribution >= 4 is 32.8 Å². The minimum absolute atomic E-state index is 0.375. The molecule has 0 unspecified atom stereocenters. The average molecular weight is 338 g/mol. The topological polar surface area (TPSA) is 34.1 Å². The Labute approximate surface area is 102 Å². The second kappa shape index (κ2) is 4.49. The number of benzene rings is 1. The first-order chi connectivity index (χ1) is 6.83. The zero-order chi connectivity index (χ0) is 11.6. The van der Waals surface area contributed by atoms with Crippen molar-refractivity contribution in [2.24, 2.45) is 0 Å². The van der Waals surface area contributed by atoms with E-state index in [-0.39, 0.29) is 0 Å². The lowest BCUT2D eigenvalue weighted by atomic mass is 10.1. The molecule has 1 aromatic rings. The molecule has 0 aromatic heterocycles. The average Bonchev–Trinajstić information content (AvgIpc) is 2.08. The van der Waals surface area contributed by atoms with Gasteiger partial charge in [-0.2, -0.15) is 8.42 Å². The van der Waals surface area contributed by atoms with E-state index in [4.69, 9.17) is 6.42 Å². The van der Waals surface area contributed by atoms with Gasteiger partial charge in [0.05, 0.1) is 0 Å². The number of hydrogen-bond donors (Lipinski definition) is 0. The maximum atomic E-state index is 12.5. The van der Waals surface area contributed by atoms with Crippen LogP contribution in [0.1, 0.15) is 16.7 Å². The quantitative estimate of drug-likeness (QED) is 0.471. The van der Waals surface area contributed by atoms with Crippen molar-refractivity contribution in [2.75, 3.05) is 0 Å². The molecule has 5 heteroatoms. The summed E-state index contributed by atoms with van der Waals surface area (Å²) in [6.45, 7) is 1.84. The molecule has 0 atom stereocenters. The molecule has 1 aromatic carbocycles. The molecule has 0 saturated heterocycles. The van der Waals surface area contributed by atoms with Crippen LogP contribution in [0.2, 0.25) is 0 Å². The fourth-order valence-electron chi connectivity index (χ4n) is 1.17. The molecule has 80 valence electrons. The SMILES string of the molecule is C#Cc1cc(CS(=O)(=O)F)cc(I)c1C. The van der Waals surface area contributed by atoms with E-state index in [2.05, 4.69) is 5.92 Å². The largest absolute Gasteiger partial charge is 0.306 e. The van der Waals surface area contributed by atoms with Crippen molar-refractivity contribution in [3.05, 3.63) is 32.4 Å². The number of rotatable bonds is 2. The molecule has 0 N–H and O–H groups in total. The van der Waals surface area contributed by atoms with E-state index in [0.29, 0.717) is 11.1 Å². The van der Waals surface area contributed by atoms with E-state index in [9.17, 15) is 12.3 Å². The van der Waals surface area contributed by atoms with E-state index in [1.165, 1.54) is 6.07 Å². The van der Waals surface area contributed by atoms with Crippen molar-refractivity contribution in [3.8, 4) is 12.3 Å². The van der Waals surface area contributed by atoms with E-state index >= 15 is 0 Å². The van der Waals surface area contributed by atoms with Gasteiger partial charge in [0.1, 0.15) is 5.75 Å². The third-order valence-electron chi connectivity index (χ3n) is 1.90. The van der Waals surface area contributed by atoms with Crippen LogP contribution in [0.25, 0.3) is 0 Å². The van der Waals surface area contributed by atoms with Gasteiger partial charge in [-0.05, 0) is 52.8 Å². The Morgan fingerprint density at radius 1 is 1.53 bits per heavy atom. The number of terminal acetylenes is 1. The minimum atomic E-state index is -4.50. The predicted molar refractivity (Wildman–Crippen MR) is 65.6 cm³/mol. The van der Waals surface area contributed by atoms with Crippen LogP contribution in [0.5, 0.6) is 0 Å². The van der Waals surface area contributed by atoms with E-state index in [0.717, 1.165) is 9.13 Å². The molecule has 0 aliphatic rings. The van der Waals surface area contributed by atoms with Crippen LogP contribution in [0.4, 0.5) is 3.89 Å². The van der Waals surface area contributed by atoms with Gasteiger partial charge in [0.15, 0.2) is 0 Å². The zero-order valence-electron chi connectivity index (χ0n) is 7.92. The van der Waals surface area contributed by atoms with Crippen LogP contribution in [0.15, 0.2) is 12.1 Å². The fourth-order valence-corrected chi connectivity index (χ4v) is 2.42. The summed E-state index contributed by atoms with van der Waals surface area (Å²) in [5.41, 5.74) is 1.87. The molecule has 0 radical (unpaired) electrons. The lowest BCUT2D eigenvalue weighted by molar-refractivity contribution is 0.551. The second-order valence-corrected chi connectivity index (χ2v) is 5.61.